The van der Waals surface area contributed by atoms with E-state index in [0.717, 1.165) is 18.5 Å². The third kappa shape index (κ3) is 3.31. The van der Waals surface area contributed by atoms with Crippen molar-refractivity contribution in [2.45, 2.75) is 51.0 Å². The second-order valence-electron chi connectivity index (χ2n) is 4.83. The maximum atomic E-state index is 10.1. The average Bonchev–Trinajstić information content (AvgIpc) is 2.38. The second kappa shape index (κ2) is 6.00. The zero-order chi connectivity index (χ0) is 11.2. The number of aliphatic hydroxyl groups excluding tert-OH is 1. The zero-order valence-corrected chi connectivity index (χ0v) is 9.81. The second-order valence-corrected chi connectivity index (χ2v) is 4.83. The van der Waals surface area contributed by atoms with Gasteiger partial charge in [-0.2, -0.15) is 0 Å². The normalized spacial score (nSPS) is 19.6. The Morgan fingerprint density at radius 2 is 2.06 bits per heavy atom. The quantitative estimate of drug-likeness (QED) is 0.844. The summed E-state index contributed by atoms with van der Waals surface area (Å²) in [6.07, 6.45) is 9.83. The van der Waals surface area contributed by atoms with Gasteiger partial charge in [-0.15, -0.1) is 0 Å². The van der Waals surface area contributed by atoms with Crippen LogP contribution in [0.2, 0.25) is 0 Å². The van der Waals surface area contributed by atoms with Gasteiger partial charge in [-0.3, -0.25) is 4.98 Å². The molecule has 1 N–H and O–H groups in total. The minimum atomic E-state index is -0.123. The summed E-state index contributed by atoms with van der Waals surface area (Å²) < 4.78 is 0. The van der Waals surface area contributed by atoms with Crippen molar-refractivity contribution in [1.29, 1.82) is 0 Å². The van der Waals surface area contributed by atoms with Gasteiger partial charge in [-0.25, -0.2) is 0 Å². The number of pyridine rings is 1. The monoisotopic (exact) mass is 219 g/mol. The van der Waals surface area contributed by atoms with Crippen LogP contribution in [0.3, 0.4) is 0 Å². The van der Waals surface area contributed by atoms with Crippen molar-refractivity contribution in [3.63, 3.8) is 0 Å². The van der Waals surface area contributed by atoms with Crippen LogP contribution >= 0.6 is 0 Å². The molecule has 0 amide bonds. The van der Waals surface area contributed by atoms with Gasteiger partial charge in [-0.1, -0.05) is 25.3 Å². The molecule has 0 aliphatic heterocycles. The molecule has 0 aromatic carbocycles. The Hall–Kier alpha value is -0.890. The van der Waals surface area contributed by atoms with Crippen LogP contribution in [0, 0.1) is 5.92 Å². The lowest BCUT2D eigenvalue weighted by Gasteiger charge is -2.26. The van der Waals surface area contributed by atoms with Crippen LogP contribution in [0.5, 0.6) is 0 Å². The summed E-state index contributed by atoms with van der Waals surface area (Å²) in [6.45, 7) is 0. The van der Waals surface area contributed by atoms with E-state index in [-0.39, 0.29) is 6.10 Å². The molecule has 2 nitrogen and oxygen atoms in total. The van der Waals surface area contributed by atoms with Crippen LogP contribution in [0.25, 0.3) is 0 Å². The van der Waals surface area contributed by atoms with E-state index in [1.807, 2.05) is 24.4 Å². The smallest absolute Gasteiger partial charge is 0.0572 e. The molecular weight excluding hydrogens is 198 g/mol. The Morgan fingerprint density at radius 1 is 1.25 bits per heavy atom. The molecule has 1 saturated carbocycles. The summed E-state index contributed by atoms with van der Waals surface area (Å²) in [5.41, 5.74) is 1.09. The van der Waals surface area contributed by atoms with E-state index in [1.165, 1.54) is 32.1 Å². The Labute approximate surface area is 97.7 Å². The topological polar surface area (TPSA) is 33.1 Å². The lowest BCUT2D eigenvalue weighted by atomic mass is 9.83. The van der Waals surface area contributed by atoms with E-state index in [9.17, 15) is 5.11 Å². The van der Waals surface area contributed by atoms with Crippen molar-refractivity contribution >= 4 is 0 Å². The molecule has 1 atom stereocenters. The van der Waals surface area contributed by atoms with Crippen molar-refractivity contribution in [1.82, 2.24) is 4.98 Å². The first-order valence-electron chi connectivity index (χ1n) is 6.44. The van der Waals surface area contributed by atoms with E-state index in [0.29, 0.717) is 5.92 Å². The Morgan fingerprint density at radius 3 is 2.75 bits per heavy atom. The number of nitrogens with zero attached hydrogens (tertiary/aromatic N) is 1. The van der Waals surface area contributed by atoms with Gasteiger partial charge in [0.1, 0.15) is 0 Å². The third-order valence-corrected chi connectivity index (χ3v) is 3.62. The van der Waals surface area contributed by atoms with Gasteiger partial charge < -0.3 is 5.11 Å². The predicted octanol–water partition coefficient (Wildman–Crippen LogP) is 2.96. The van der Waals surface area contributed by atoms with Gasteiger partial charge in [0.25, 0.3) is 0 Å². The summed E-state index contributed by atoms with van der Waals surface area (Å²) in [4.78, 5) is 4.28. The first kappa shape index (κ1) is 11.6. The fourth-order valence-corrected chi connectivity index (χ4v) is 2.60. The standard InChI is InChI=1S/C14H21NO/c16-14(12-6-2-1-3-7-12)10-9-13-8-4-5-11-15-13/h4-5,8,11-12,14,16H,1-3,6-7,9-10H2. The van der Waals surface area contributed by atoms with Crippen molar-refractivity contribution in [3.8, 4) is 0 Å². The molecule has 0 radical (unpaired) electrons. The zero-order valence-electron chi connectivity index (χ0n) is 9.81. The fourth-order valence-electron chi connectivity index (χ4n) is 2.60. The van der Waals surface area contributed by atoms with Crippen LogP contribution in [0.4, 0.5) is 0 Å². The third-order valence-electron chi connectivity index (χ3n) is 3.62. The Balaban J connectivity index is 1.76. The van der Waals surface area contributed by atoms with Crippen LogP contribution in [-0.4, -0.2) is 16.2 Å². The molecule has 1 unspecified atom stereocenters. The van der Waals surface area contributed by atoms with Crippen molar-refractivity contribution < 1.29 is 5.11 Å². The number of rotatable bonds is 4. The number of aliphatic hydroxyl groups is 1. The van der Waals surface area contributed by atoms with Crippen molar-refractivity contribution in [2.24, 2.45) is 5.92 Å². The van der Waals surface area contributed by atoms with E-state index in [4.69, 9.17) is 0 Å². The van der Waals surface area contributed by atoms with Crippen LogP contribution < -0.4 is 0 Å². The SMILES string of the molecule is OC(CCc1ccccn1)C1CCCCC1. The lowest BCUT2D eigenvalue weighted by Crippen LogP contribution is -2.23. The molecule has 0 saturated heterocycles. The van der Waals surface area contributed by atoms with Crippen molar-refractivity contribution in [3.05, 3.63) is 30.1 Å². The van der Waals surface area contributed by atoms with E-state index in [1.54, 1.807) is 0 Å². The molecule has 1 aromatic heterocycles. The molecular formula is C14H21NO. The number of aryl methyl sites for hydroxylation is 1. The molecule has 16 heavy (non-hydrogen) atoms. The number of hydrogen-bond acceptors (Lipinski definition) is 2. The molecule has 1 heterocycles. The fraction of sp³-hybridized carbons (Fsp3) is 0.643. The lowest BCUT2D eigenvalue weighted by molar-refractivity contribution is 0.0773. The van der Waals surface area contributed by atoms with Gasteiger partial charge >= 0.3 is 0 Å². The van der Waals surface area contributed by atoms with Crippen LogP contribution in [0.1, 0.15) is 44.2 Å². The van der Waals surface area contributed by atoms with Crippen molar-refractivity contribution in [2.75, 3.05) is 0 Å². The molecule has 88 valence electrons. The minimum absolute atomic E-state index is 0.123. The molecule has 2 rings (SSSR count). The summed E-state index contributed by atoms with van der Waals surface area (Å²) in [5.74, 6) is 0.539. The summed E-state index contributed by atoms with van der Waals surface area (Å²) in [6, 6.07) is 5.98. The summed E-state index contributed by atoms with van der Waals surface area (Å²) >= 11 is 0. The molecule has 1 aliphatic rings. The summed E-state index contributed by atoms with van der Waals surface area (Å²) in [5, 5.41) is 10.1. The Kier molecular flexibility index (Phi) is 4.34. The number of hydrogen-bond donors (Lipinski definition) is 1. The first-order chi connectivity index (χ1) is 7.86. The molecule has 1 fully saturated rings. The molecule has 0 spiro atoms. The highest BCUT2D eigenvalue weighted by atomic mass is 16.3. The van der Waals surface area contributed by atoms with Gasteiger partial charge in [0.05, 0.1) is 6.10 Å². The highest BCUT2D eigenvalue weighted by molar-refractivity contribution is 5.03. The van der Waals surface area contributed by atoms with Crippen LogP contribution in [-0.2, 0) is 6.42 Å². The van der Waals surface area contributed by atoms with Crippen LogP contribution in [0.15, 0.2) is 24.4 Å². The molecule has 2 heteroatoms. The highest BCUT2D eigenvalue weighted by Crippen LogP contribution is 2.28. The van der Waals surface area contributed by atoms with E-state index >= 15 is 0 Å². The van der Waals surface area contributed by atoms with E-state index in [2.05, 4.69) is 4.98 Å². The summed E-state index contributed by atoms with van der Waals surface area (Å²) in [7, 11) is 0. The van der Waals surface area contributed by atoms with Gasteiger partial charge in [-0.05, 0) is 43.7 Å². The average molecular weight is 219 g/mol. The number of aromatic nitrogens is 1. The molecule has 1 aliphatic carbocycles. The van der Waals surface area contributed by atoms with Gasteiger partial charge in [0.15, 0.2) is 0 Å². The maximum Gasteiger partial charge on any atom is 0.0572 e. The highest BCUT2D eigenvalue weighted by Gasteiger charge is 2.21. The molecule has 0 bridgehead atoms. The van der Waals surface area contributed by atoms with Gasteiger partial charge in [0.2, 0.25) is 0 Å². The van der Waals surface area contributed by atoms with Gasteiger partial charge in [0, 0.05) is 11.9 Å². The minimum Gasteiger partial charge on any atom is -0.393 e. The largest absolute Gasteiger partial charge is 0.393 e. The molecule has 1 aromatic rings. The first-order valence-corrected chi connectivity index (χ1v) is 6.44. The predicted molar refractivity (Wildman–Crippen MR) is 65.1 cm³/mol. The maximum absolute atomic E-state index is 10.1. The van der Waals surface area contributed by atoms with E-state index < -0.39 is 0 Å². The Bertz CT molecular complexity index is 293.